The molecular formula is C48H30O5. The van der Waals surface area contributed by atoms with Gasteiger partial charge in [0.05, 0.1) is 0 Å². The van der Waals surface area contributed by atoms with Gasteiger partial charge in [-0.25, -0.2) is 0 Å². The van der Waals surface area contributed by atoms with E-state index in [1.54, 1.807) is 72.8 Å². The minimum atomic E-state index is -0.735. The molecule has 0 N–H and O–H groups in total. The molecule has 6 aromatic carbocycles. The van der Waals surface area contributed by atoms with Crippen LogP contribution in [0.1, 0.15) is 86.6 Å². The highest BCUT2D eigenvalue weighted by molar-refractivity contribution is 6.21. The highest BCUT2D eigenvalue weighted by Crippen LogP contribution is 2.65. The fourth-order valence-corrected chi connectivity index (χ4v) is 9.09. The molecule has 1 heterocycles. The van der Waals surface area contributed by atoms with E-state index in [1.165, 1.54) is 0 Å². The predicted molar refractivity (Wildman–Crippen MR) is 202 cm³/mol. The van der Waals surface area contributed by atoms with Gasteiger partial charge < -0.3 is 4.42 Å². The summed E-state index contributed by atoms with van der Waals surface area (Å²) in [4.78, 5) is 58.6. The van der Waals surface area contributed by atoms with Crippen LogP contribution in [0.3, 0.4) is 0 Å². The van der Waals surface area contributed by atoms with E-state index < -0.39 is 23.7 Å². The molecule has 5 heteroatoms. The quantitative estimate of drug-likeness (QED) is 0.163. The van der Waals surface area contributed by atoms with Crippen LogP contribution < -0.4 is 0 Å². The Bertz CT molecular complexity index is 2460. The third-order valence-corrected chi connectivity index (χ3v) is 11.3. The van der Waals surface area contributed by atoms with Gasteiger partial charge in [0.15, 0.2) is 23.1 Å². The first-order valence-electron chi connectivity index (χ1n) is 17.8. The van der Waals surface area contributed by atoms with Gasteiger partial charge >= 0.3 is 0 Å². The van der Waals surface area contributed by atoms with Crippen molar-refractivity contribution < 1.29 is 23.6 Å². The topological polar surface area (TPSA) is 81.4 Å². The molecule has 4 atom stereocenters. The number of ketones is 4. The predicted octanol–water partition coefficient (Wildman–Crippen LogP) is 9.98. The molecule has 4 aliphatic rings. The maximum absolute atomic E-state index is 14.8. The molecule has 0 fully saturated rings. The lowest BCUT2D eigenvalue weighted by molar-refractivity contribution is 0.0665. The number of hydrogen-bond donors (Lipinski definition) is 0. The van der Waals surface area contributed by atoms with Crippen LogP contribution in [0, 0.1) is 11.8 Å². The Morgan fingerprint density at radius 2 is 0.774 bits per heavy atom. The van der Waals surface area contributed by atoms with Crippen molar-refractivity contribution in [3.63, 3.8) is 0 Å². The lowest BCUT2D eigenvalue weighted by Gasteiger charge is -2.50. The molecule has 4 aliphatic carbocycles. The molecule has 0 aliphatic heterocycles. The molecule has 0 saturated carbocycles. The molecule has 2 bridgehead atoms. The number of carbonyl (C=O) groups excluding carboxylic acids is 4. The second-order valence-electron chi connectivity index (χ2n) is 14.0. The average Bonchev–Trinajstić information content (AvgIpc) is 3.64. The summed E-state index contributed by atoms with van der Waals surface area (Å²) in [7, 11) is 0. The third kappa shape index (κ3) is 4.57. The minimum absolute atomic E-state index is 0.0988. The smallest absolute Gasteiger partial charge is 0.193 e. The highest BCUT2D eigenvalue weighted by Gasteiger charge is 2.60. The SMILES string of the molecule is O=C(c1ccccc1)c1cc2c(cc1C(=O)c1ccccc1)[C@H]1c3c(-c4ccccc4)oc(-c4ccccc4)c3[C@H]2[C@H]2C(=O)c3ccccc3C(=O)[C@@H]12. The number of rotatable bonds is 6. The van der Waals surface area contributed by atoms with Gasteiger partial charge in [0.1, 0.15) is 11.5 Å². The zero-order valence-electron chi connectivity index (χ0n) is 28.4. The molecule has 0 spiro atoms. The zero-order valence-corrected chi connectivity index (χ0v) is 28.4. The van der Waals surface area contributed by atoms with Crippen LogP contribution in [-0.4, -0.2) is 23.1 Å². The van der Waals surface area contributed by atoms with Gasteiger partial charge in [-0.1, -0.05) is 146 Å². The van der Waals surface area contributed by atoms with Crippen molar-refractivity contribution in [3.05, 3.63) is 213 Å². The van der Waals surface area contributed by atoms with Crippen molar-refractivity contribution in [2.45, 2.75) is 11.8 Å². The van der Waals surface area contributed by atoms with Crippen molar-refractivity contribution in [1.29, 1.82) is 0 Å². The van der Waals surface area contributed by atoms with Crippen LogP contribution >= 0.6 is 0 Å². The van der Waals surface area contributed by atoms with Gasteiger partial charge in [-0.2, -0.15) is 0 Å². The Morgan fingerprint density at radius 1 is 0.434 bits per heavy atom. The first-order chi connectivity index (χ1) is 26.0. The monoisotopic (exact) mass is 686 g/mol. The van der Waals surface area contributed by atoms with Gasteiger partial charge in [-0.05, 0) is 23.3 Å². The first-order valence-corrected chi connectivity index (χ1v) is 17.8. The molecule has 0 amide bonds. The maximum Gasteiger partial charge on any atom is 0.193 e. The van der Waals surface area contributed by atoms with E-state index in [4.69, 9.17) is 4.42 Å². The molecule has 5 nitrogen and oxygen atoms in total. The molecule has 53 heavy (non-hydrogen) atoms. The van der Waals surface area contributed by atoms with Gasteiger partial charge in [-0.15, -0.1) is 0 Å². The molecule has 252 valence electrons. The summed E-state index contributed by atoms with van der Waals surface area (Å²) >= 11 is 0. The summed E-state index contributed by atoms with van der Waals surface area (Å²) in [5, 5.41) is 0. The standard InChI is InChI=1S/C48H30O5/c49-43(27-15-5-1-6-16-27)35-25-33-34(26-36(35)44(50)28-17-7-2-8-18-28)38-40-39(45(51)31-23-13-14-24-32(31)46(40)52)37(33)41-42(38)48(30-21-11-4-12-22-30)53-47(41)29-19-9-3-10-20-29/h1-26,37-40H/t37-,38-,39-,40+/m1/s1. The van der Waals surface area contributed by atoms with Crippen LogP contribution in [0.15, 0.2) is 162 Å². The normalized spacial score (nSPS) is 19.2. The Kier molecular flexibility index (Phi) is 6.99. The van der Waals surface area contributed by atoms with Crippen LogP contribution in [-0.2, 0) is 0 Å². The number of Topliss-reactive ketones (excluding diaryl/α,β-unsaturated/α-hetero) is 2. The Morgan fingerprint density at radius 3 is 1.15 bits per heavy atom. The number of fused-ring (bicyclic) bond motifs is 1. The van der Waals surface area contributed by atoms with Crippen molar-refractivity contribution in [3.8, 4) is 22.6 Å². The lowest BCUT2D eigenvalue weighted by Crippen LogP contribution is -2.50. The van der Waals surface area contributed by atoms with E-state index in [9.17, 15) is 19.2 Å². The fraction of sp³-hybridized carbons (Fsp3) is 0.0833. The summed E-state index contributed by atoms with van der Waals surface area (Å²) < 4.78 is 6.94. The molecular weight excluding hydrogens is 657 g/mol. The van der Waals surface area contributed by atoms with Crippen molar-refractivity contribution >= 4 is 23.1 Å². The minimum Gasteiger partial charge on any atom is -0.455 e. The zero-order chi connectivity index (χ0) is 35.8. The fourth-order valence-electron chi connectivity index (χ4n) is 9.09. The maximum atomic E-state index is 14.8. The van der Waals surface area contributed by atoms with E-state index >= 15 is 0 Å². The summed E-state index contributed by atoms with van der Waals surface area (Å²) in [6.07, 6.45) is 0. The van der Waals surface area contributed by atoms with Crippen LogP contribution in [0.2, 0.25) is 0 Å². The number of furan rings is 1. The summed E-state index contributed by atoms with van der Waals surface area (Å²) in [6.45, 7) is 0. The Hall–Kier alpha value is -6.72. The average molecular weight is 687 g/mol. The highest BCUT2D eigenvalue weighted by atomic mass is 16.3. The third-order valence-electron chi connectivity index (χ3n) is 11.3. The van der Waals surface area contributed by atoms with Crippen LogP contribution in [0.5, 0.6) is 0 Å². The van der Waals surface area contributed by atoms with E-state index in [-0.39, 0.29) is 34.3 Å². The molecule has 0 saturated heterocycles. The van der Waals surface area contributed by atoms with Crippen LogP contribution in [0.4, 0.5) is 0 Å². The Balaban J connectivity index is 1.30. The van der Waals surface area contributed by atoms with Gasteiger partial charge in [0.25, 0.3) is 0 Å². The van der Waals surface area contributed by atoms with Gasteiger partial charge in [0, 0.05) is 79.3 Å². The summed E-state index contributed by atoms with van der Waals surface area (Å²) in [6, 6.07) is 48.3. The van der Waals surface area contributed by atoms with Crippen molar-refractivity contribution in [2.75, 3.05) is 0 Å². The summed E-state index contributed by atoms with van der Waals surface area (Å²) in [5.41, 5.74) is 7.21. The first kappa shape index (κ1) is 31.1. The number of hydrogen-bond acceptors (Lipinski definition) is 5. The number of carbonyl (C=O) groups is 4. The second-order valence-corrected chi connectivity index (χ2v) is 14.0. The van der Waals surface area contributed by atoms with E-state index in [0.717, 1.165) is 33.4 Å². The molecule has 1 aromatic heterocycles. The van der Waals surface area contributed by atoms with Gasteiger partial charge in [0.2, 0.25) is 0 Å². The lowest BCUT2D eigenvalue weighted by atomic mass is 9.49. The molecule has 11 rings (SSSR count). The molecule has 0 unspecified atom stereocenters. The Labute approximate surface area is 305 Å². The summed E-state index contributed by atoms with van der Waals surface area (Å²) in [5.74, 6) is -2.22. The van der Waals surface area contributed by atoms with Gasteiger partial charge in [-0.3, -0.25) is 19.2 Å². The van der Waals surface area contributed by atoms with Crippen molar-refractivity contribution in [1.82, 2.24) is 0 Å². The van der Waals surface area contributed by atoms with Crippen molar-refractivity contribution in [2.24, 2.45) is 11.8 Å². The van der Waals surface area contributed by atoms with E-state index in [2.05, 4.69) is 0 Å². The largest absolute Gasteiger partial charge is 0.455 e. The van der Waals surface area contributed by atoms with E-state index in [0.29, 0.717) is 33.8 Å². The molecule has 7 aromatic rings. The van der Waals surface area contributed by atoms with Crippen LogP contribution in [0.25, 0.3) is 22.6 Å². The molecule has 0 radical (unpaired) electrons. The number of benzene rings is 6. The second kappa shape index (κ2) is 11.9. The van der Waals surface area contributed by atoms with E-state index in [1.807, 2.05) is 84.9 Å².